The van der Waals surface area contributed by atoms with Crippen LogP contribution in [0.25, 0.3) is 0 Å². The van der Waals surface area contributed by atoms with Gasteiger partial charge in [-0.3, -0.25) is 9.59 Å². The normalized spacial score (nSPS) is 19.8. The molecule has 0 unspecified atom stereocenters. The van der Waals surface area contributed by atoms with Gasteiger partial charge in [-0.25, -0.2) is 0 Å². The molecule has 2 amide bonds. The van der Waals surface area contributed by atoms with Crippen molar-refractivity contribution in [2.75, 3.05) is 18.4 Å². The minimum absolute atomic E-state index is 0.0749. The van der Waals surface area contributed by atoms with E-state index in [1.54, 1.807) is 0 Å². The molecular formula is C23H23N5O2. The molecule has 7 heteroatoms. The number of nitrogens with one attached hydrogen (secondary N) is 1. The quantitative estimate of drug-likeness (QED) is 0.732. The van der Waals surface area contributed by atoms with Gasteiger partial charge in [0.15, 0.2) is 0 Å². The molecule has 2 aliphatic rings. The molecule has 7 nitrogen and oxygen atoms in total. The number of carbonyl (C=O) groups is 2. The van der Waals surface area contributed by atoms with E-state index in [0.29, 0.717) is 30.7 Å². The van der Waals surface area contributed by atoms with Gasteiger partial charge in [0.2, 0.25) is 5.82 Å². The molecule has 3 aromatic rings. The third-order valence-corrected chi connectivity index (χ3v) is 6.05. The minimum atomic E-state index is -0.260. The molecule has 0 saturated carbocycles. The Bertz CT molecular complexity index is 1110. The summed E-state index contributed by atoms with van der Waals surface area (Å²) in [5, 5.41) is 11.3. The Morgan fingerprint density at radius 2 is 1.77 bits per heavy atom. The van der Waals surface area contributed by atoms with Crippen LogP contribution < -0.4 is 5.32 Å². The van der Waals surface area contributed by atoms with Crippen LogP contribution in [0.2, 0.25) is 0 Å². The molecule has 0 spiro atoms. The smallest absolute Gasteiger partial charge is 0.293 e. The second-order valence-corrected chi connectivity index (χ2v) is 8.17. The average Bonchev–Trinajstić information content (AvgIpc) is 3.35. The number of aryl methyl sites for hydroxylation is 1. The van der Waals surface area contributed by atoms with Crippen molar-refractivity contribution in [1.29, 1.82) is 0 Å². The average molecular weight is 401 g/mol. The maximum Gasteiger partial charge on any atom is 0.293 e. The molecule has 1 aromatic heterocycles. The summed E-state index contributed by atoms with van der Waals surface area (Å²) < 4.78 is 1.92. The van der Waals surface area contributed by atoms with Crippen LogP contribution in [0, 0.1) is 18.8 Å². The summed E-state index contributed by atoms with van der Waals surface area (Å²) in [6.45, 7) is 4.06. The molecular weight excluding hydrogens is 378 g/mol. The van der Waals surface area contributed by atoms with Gasteiger partial charge in [0, 0.05) is 37.3 Å². The number of carbonyl (C=O) groups excluding carboxylic acids is 2. The summed E-state index contributed by atoms with van der Waals surface area (Å²) >= 11 is 0. The van der Waals surface area contributed by atoms with Gasteiger partial charge in [0.05, 0.1) is 0 Å². The first-order valence-electron chi connectivity index (χ1n) is 10.2. The number of para-hydroxylation sites is 1. The van der Waals surface area contributed by atoms with Crippen LogP contribution in [0.1, 0.15) is 32.4 Å². The van der Waals surface area contributed by atoms with Gasteiger partial charge < -0.3 is 14.8 Å². The maximum absolute atomic E-state index is 13.0. The highest BCUT2D eigenvalue weighted by Crippen LogP contribution is 2.33. The highest BCUT2D eigenvalue weighted by molar-refractivity contribution is 6.01. The van der Waals surface area contributed by atoms with Gasteiger partial charge in [0.25, 0.3) is 11.8 Å². The van der Waals surface area contributed by atoms with E-state index in [1.807, 2.05) is 71.0 Å². The molecule has 2 aromatic carbocycles. The van der Waals surface area contributed by atoms with Crippen LogP contribution in [0.5, 0.6) is 0 Å². The number of aromatic nitrogens is 3. The zero-order valence-electron chi connectivity index (χ0n) is 16.8. The number of rotatable bonds is 3. The molecule has 0 radical (unpaired) electrons. The number of fused-ring (bicyclic) bond motifs is 2. The molecule has 0 bridgehead atoms. The van der Waals surface area contributed by atoms with Crippen molar-refractivity contribution < 1.29 is 9.59 Å². The Morgan fingerprint density at radius 3 is 2.57 bits per heavy atom. The Hall–Kier alpha value is -3.48. The lowest BCUT2D eigenvalue weighted by atomic mass is 9.89. The standard InChI is InChI=1S/C23H23N5O2/c1-15-6-5-7-16(10-15)23(30)27-12-17-11-20-25-26-21(28(20)14-18(17)13-27)22(29)24-19-8-3-2-4-9-19/h2-10,17-18H,11-14H2,1H3,(H,24,29)/t17-,18-/m1/s1. The monoisotopic (exact) mass is 401 g/mol. The van der Waals surface area contributed by atoms with E-state index in [2.05, 4.69) is 15.5 Å². The molecule has 1 N–H and O–H groups in total. The summed E-state index contributed by atoms with van der Waals surface area (Å²) in [5.74, 6) is 1.61. The van der Waals surface area contributed by atoms with Gasteiger partial charge in [-0.05, 0) is 43.0 Å². The fourth-order valence-electron chi connectivity index (χ4n) is 4.53. The lowest BCUT2D eigenvalue weighted by Gasteiger charge is -2.25. The van der Waals surface area contributed by atoms with Gasteiger partial charge in [-0.2, -0.15) is 0 Å². The van der Waals surface area contributed by atoms with E-state index >= 15 is 0 Å². The first-order valence-corrected chi connectivity index (χ1v) is 10.2. The lowest BCUT2D eigenvalue weighted by molar-refractivity contribution is 0.0783. The molecule has 30 heavy (non-hydrogen) atoms. The third kappa shape index (κ3) is 3.36. The van der Waals surface area contributed by atoms with Crippen LogP contribution in [-0.2, 0) is 13.0 Å². The van der Waals surface area contributed by atoms with E-state index < -0.39 is 0 Å². The van der Waals surface area contributed by atoms with E-state index in [1.165, 1.54) is 0 Å². The zero-order valence-corrected chi connectivity index (χ0v) is 16.8. The first-order chi connectivity index (χ1) is 14.6. The number of hydrogen-bond acceptors (Lipinski definition) is 4. The fraction of sp³-hybridized carbons (Fsp3) is 0.304. The topological polar surface area (TPSA) is 80.1 Å². The van der Waals surface area contributed by atoms with Crippen molar-refractivity contribution in [3.63, 3.8) is 0 Å². The summed E-state index contributed by atoms with van der Waals surface area (Å²) in [5.41, 5.74) is 2.54. The number of anilines is 1. The van der Waals surface area contributed by atoms with Crippen LogP contribution in [0.4, 0.5) is 5.69 Å². The van der Waals surface area contributed by atoms with Crippen molar-refractivity contribution in [3.05, 3.63) is 77.4 Å². The van der Waals surface area contributed by atoms with E-state index in [0.717, 1.165) is 35.6 Å². The molecule has 2 atom stereocenters. The lowest BCUT2D eigenvalue weighted by Crippen LogP contribution is -2.31. The van der Waals surface area contributed by atoms with Gasteiger partial charge in [0.1, 0.15) is 5.82 Å². The molecule has 1 fully saturated rings. The predicted molar refractivity (Wildman–Crippen MR) is 112 cm³/mol. The summed E-state index contributed by atoms with van der Waals surface area (Å²) in [6.07, 6.45) is 0.730. The van der Waals surface area contributed by atoms with Crippen LogP contribution in [0.15, 0.2) is 54.6 Å². The predicted octanol–water partition coefficient (Wildman–Crippen LogP) is 2.78. The van der Waals surface area contributed by atoms with Crippen molar-refractivity contribution in [1.82, 2.24) is 19.7 Å². The fourth-order valence-corrected chi connectivity index (χ4v) is 4.53. The van der Waals surface area contributed by atoms with E-state index in [-0.39, 0.29) is 11.8 Å². The highest BCUT2D eigenvalue weighted by atomic mass is 16.2. The second kappa shape index (κ2) is 7.40. The van der Waals surface area contributed by atoms with Crippen molar-refractivity contribution in [2.45, 2.75) is 19.9 Å². The number of hydrogen-bond donors (Lipinski definition) is 1. The van der Waals surface area contributed by atoms with Crippen molar-refractivity contribution >= 4 is 17.5 Å². The molecule has 2 aliphatic heterocycles. The summed E-state index contributed by atoms with van der Waals surface area (Å²) in [7, 11) is 0. The Labute approximate surface area is 174 Å². The summed E-state index contributed by atoms with van der Waals surface area (Å²) in [4.78, 5) is 27.6. The third-order valence-electron chi connectivity index (χ3n) is 6.05. The van der Waals surface area contributed by atoms with E-state index in [4.69, 9.17) is 0 Å². The van der Waals surface area contributed by atoms with Crippen molar-refractivity contribution in [3.8, 4) is 0 Å². The molecule has 5 rings (SSSR count). The zero-order chi connectivity index (χ0) is 20.7. The largest absolute Gasteiger partial charge is 0.338 e. The number of benzene rings is 2. The van der Waals surface area contributed by atoms with Gasteiger partial charge in [-0.1, -0.05) is 35.9 Å². The molecule has 0 aliphatic carbocycles. The SMILES string of the molecule is Cc1cccc(C(=O)N2C[C@H]3Cc4nnc(C(=O)Nc5ccccc5)n4C[C@H]3C2)c1. The number of nitrogens with zero attached hydrogens (tertiary/aromatic N) is 4. The Kier molecular flexibility index (Phi) is 4.58. The van der Waals surface area contributed by atoms with Crippen LogP contribution >= 0.6 is 0 Å². The maximum atomic E-state index is 13.0. The van der Waals surface area contributed by atoms with Gasteiger partial charge in [-0.15, -0.1) is 10.2 Å². The molecule has 3 heterocycles. The number of likely N-dealkylation sites (tertiary alicyclic amines) is 1. The van der Waals surface area contributed by atoms with E-state index in [9.17, 15) is 9.59 Å². The van der Waals surface area contributed by atoms with Crippen LogP contribution in [-0.4, -0.2) is 44.6 Å². The van der Waals surface area contributed by atoms with Crippen molar-refractivity contribution in [2.24, 2.45) is 11.8 Å². The molecule has 152 valence electrons. The summed E-state index contributed by atoms with van der Waals surface area (Å²) in [6, 6.07) is 17.1. The Morgan fingerprint density at radius 1 is 0.967 bits per heavy atom. The van der Waals surface area contributed by atoms with Crippen LogP contribution in [0.3, 0.4) is 0 Å². The first kappa shape index (κ1) is 18.5. The second-order valence-electron chi connectivity index (χ2n) is 8.17. The Balaban J connectivity index is 1.31. The highest BCUT2D eigenvalue weighted by Gasteiger charge is 2.40. The number of amides is 2. The molecule has 1 saturated heterocycles. The minimum Gasteiger partial charge on any atom is -0.338 e. The van der Waals surface area contributed by atoms with Gasteiger partial charge >= 0.3 is 0 Å².